The Balaban J connectivity index is 1.90. The SMILES string of the molecule is OC(Cc1sccc1Br)C1(c2ccccc2)CCCCC1. The number of benzene rings is 1. The van der Waals surface area contributed by atoms with E-state index in [9.17, 15) is 5.11 Å². The van der Waals surface area contributed by atoms with Gasteiger partial charge in [0.1, 0.15) is 0 Å². The Bertz CT molecular complexity index is 572. The monoisotopic (exact) mass is 364 g/mol. The van der Waals surface area contributed by atoms with E-state index in [0.717, 1.165) is 23.7 Å². The summed E-state index contributed by atoms with van der Waals surface area (Å²) in [5.41, 5.74) is 1.24. The fourth-order valence-corrected chi connectivity index (χ4v) is 5.16. The molecule has 1 saturated carbocycles. The maximum atomic E-state index is 11.1. The zero-order valence-electron chi connectivity index (χ0n) is 12.1. The lowest BCUT2D eigenvalue weighted by atomic mass is 9.65. The minimum atomic E-state index is -0.310. The summed E-state index contributed by atoms with van der Waals surface area (Å²) in [7, 11) is 0. The van der Waals surface area contributed by atoms with Gasteiger partial charge >= 0.3 is 0 Å². The van der Waals surface area contributed by atoms with Crippen LogP contribution in [0.25, 0.3) is 0 Å². The molecule has 112 valence electrons. The second kappa shape index (κ2) is 6.64. The molecule has 1 N–H and O–H groups in total. The first-order valence-corrected chi connectivity index (χ1v) is 9.35. The molecule has 0 saturated heterocycles. The average molecular weight is 365 g/mol. The van der Waals surface area contributed by atoms with Crippen molar-refractivity contribution in [2.24, 2.45) is 0 Å². The molecule has 3 rings (SSSR count). The van der Waals surface area contributed by atoms with Crippen molar-refractivity contribution < 1.29 is 5.11 Å². The lowest BCUT2D eigenvalue weighted by molar-refractivity contribution is 0.0544. The Kier molecular flexibility index (Phi) is 4.82. The van der Waals surface area contributed by atoms with E-state index in [2.05, 4.69) is 57.7 Å². The lowest BCUT2D eigenvalue weighted by Gasteiger charge is -2.42. The summed E-state index contributed by atoms with van der Waals surface area (Å²) in [6.45, 7) is 0. The van der Waals surface area contributed by atoms with Gasteiger partial charge in [-0.15, -0.1) is 11.3 Å². The number of aliphatic hydroxyl groups excluding tert-OH is 1. The standard InChI is InChI=1S/C18H21BrOS/c19-15-9-12-21-16(15)13-17(20)18(10-5-2-6-11-18)14-7-3-1-4-8-14/h1,3-4,7-9,12,17,20H,2,5-6,10-11,13H2. The molecule has 1 aliphatic carbocycles. The van der Waals surface area contributed by atoms with Crippen LogP contribution in [0.2, 0.25) is 0 Å². The average Bonchev–Trinajstić information content (AvgIpc) is 2.94. The van der Waals surface area contributed by atoms with Crippen LogP contribution in [-0.2, 0) is 11.8 Å². The molecule has 1 atom stereocenters. The first-order chi connectivity index (χ1) is 10.2. The summed E-state index contributed by atoms with van der Waals surface area (Å²) in [5, 5.41) is 13.1. The van der Waals surface area contributed by atoms with Crippen molar-refractivity contribution in [1.29, 1.82) is 0 Å². The highest BCUT2D eigenvalue weighted by molar-refractivity contribution is 9.10. The molecule has 0 bridgehead atoms. The van der Waals surface area contributed by atoms with E-state index in [1.807, 2.05) is 0 Å². The van der Waals surface area contributed by atoms with Crippen molar-refractivity contribution in [3.63, 3.8) is 0 Å². The molecule has 1 fully saturated rings. The van der Waals surface area contributed by atoms with Gasteiger partial charge < -0.3 is 5.11 Å². The lowest BCUT2D eigenvalue weighted by Crippen LogP contribution is -2.42. The van der Waals surface area contributed by atoms with Crippen molar-refractivity contribution in [3.8, 4) is 0 Å². The van der Waals surface area contributed by atoms with Gasteiger partial charge in [-0.2, -0.15) is 0 Å². The van der Waals surface area contributed by atoms with Crippen molar-refractivity contribution in [2.75, 3.05) is 0 Å². The number of thiophene rings is 1. The summed E-state index contributed by atoms with van der Waals surface area (Å²) in [4.78, 5) is 1.25. The van der Waals surface area contributed by atoms with Gasteiger partial charge in [0.2, 0.25) is 0 Å². The highest BCUT2D eigenvalue weighted by Gasteiger charge is 2.40. The summed E-state index contributed by atoms with van der Waals surface area (Å²) in [6.07, 6.45) is 6.37. The topological polar surface area (TPSA) is 20.2 Å². The molecule has 1 nitrogen and oxygen atoms in total. The van der Waals surface area contributed by atoms with E-state index in [-0.39, 0.29) is 11.5 Å². The maximum Gasteiger partial charge on any atom is 0.0685 e. The van der Waals surface area contributed by atoms with Crippen molar-refractivity contribution in [1.82, 2.24) is 0 Å². The Labute approximate surface area is 139 Å². The summed E-state index contributed by atoms with van der Waals surface area (Å²) >= 11 is 5.32. The van der Waals surface area contributed by atoms with Gasteiger partial charge in [-0.1, -0.05) is 49.6 Å². The maximum absolute atomic E-state index is 11.1. The van der Waals surface area contributed by atoms with Crippen LogP contribution < -0.4 is 0 Å². The number of halogens is 1. The Hall–Kier alpha value is -0.640. The molecule has 1 heterocycles. The molecule has 1 unspecified atom stereocenters. The van der Waals surface area contributed by atoms with Crippen LogP contribution >= 0.6 is 27.3 Å². The van der Waals surface area contributed by atoms with Gasteiger partial charge in [0.05, 0.1) is 6.10 Å². The van der Waals surface area contributed by atoms with Crippen LogP contribution in [0.1, 0.15) is 42.5 Å². The second-order valence-electron chi connectivity index (χ2n) is 5.99. The van der Waals surface area contributed by atoms with Crippen LogP contribution in [-0.4, -0.2) is 11.2 Å². The van der Waals surface area contributed by atoms with Gasteiger partial charge in [-0.3, -0.25) is 0 Å². The van der Waals surface area contributed by atoms with Crippen LogP contribution in [0.15, 0.2) is 46.3 Å². The minimum absolute atomic E-state index is 0.0665. The van der Waals surface area contributed by atoms with Crippen molar-refractivity contribution >= 4 is 27.3 Å². The van der Waals surface area contributed by atoms with Crippen LogP contribution in [0.3, 0.4) is 0 Å². The van der Waals surface area contributed by atoms with Gasteiger partial charge in [0.15, 0.2) is 0 Å². The molecule has 0 aliphatic heterocycles. The molecule has 1 aromatic carbocycles. The normalized spacial score (nSPS) is 19.3. The molecule has 21 heavy (non-hydrogen) atoms. The van der Waals surface area contributed by atoms with E-state index in [1.165, 1.54) is 29.7 Å². The molecule has 1 aliphatic rings. The Morgan fingerprint density at radius 2 is 1.81 bits per heavy atom. The van der Waals surface area contributed by atoms with Gasteiger partial charge in [-0.25, -0.2) is 0 Å². The number of hydrogen-bond donors (Lipinski definition) is 1. The van der Waals surface area contributed by atoms with Crippen molar-refractivity contribution in [2.45, 2.75) is 50.0 Å². The van der Waals surface area contributed by atoms with E-state index >= 15 is 0 Å². The molecular formula is C18H21BrOS. The zero-order valence-corrected chi connectivity index (χ0v) is 14.5. The molecule has 0 amide bonds. The van der Waals surface area contributed by atoms with Gasteiger partial charge in [-0.05, 0) is 45.8 Å². The second-order valence-corrected chi connectivity index (χ2v) is 7.85. The molecule has 0 radical (unpaired) electrons. The molecule has 3 heteroatoms. The third-order valence-electron chi connectivity index (χ3n) is 4.80. The molecule has 1 aromatic heterocycles. The third kappa shape index (κ3) is 3.10. The van der Waals surface area contributed by atoms with Gasteiger partial charge in [0, 0.05) is 21.2 Å². The fourth-order valence-electron chi connectivity index (χ4n) is 3.61. The molecular weight excluding hydrogens is 344 g/mol. The van der Waals surface area contributed by atoms with E-state index in [4.69, 9.17) is 0 Å². The quantitative estimate of drug-likeness (QED) is 0.778. The first kappa shape index (κ1) is 15.3. The van der Waals surface area contributed by atoms with Crippen LogP contribution in [0.5, 0.6) is 0 Å². The minimum Gasteiger partial charge on any atom is -0.392 e. The highest BCUT2D eigenvalue weighted by atomic mass is 79.9. The zero-order chi connectivity index (χ0) is 14.7. The summed E-state index contributed by atoms with van der Waals surface area (Å²) in [5.74, 6) is 0. The van der Waals surface area contributed by atoms with E-state index < -0.39 is 0 Å². The summed E-state index contributed by atoms with van der Waals surface area (Å²) < 4.78 is 1.13. The summed E-state index contributed by atoms with van der Waals surface area (Å²) in [6, 6.07) is 12.7. The van der Waals surface area contributed by atoms with Crippen molar-refractivity contribution in [3.05, 3.63) is 56.7 Å². The largest absolute Gasteiger partial charge is 0.392 e. The first-order valence-electron chi connectivity index (χ1n) is 7.68. The Morgan fingerprint density at radius 3 is 2.43 bits per heavy atom. The van der Waals surface area contributed by atoms with E-state index in [1.54, 1.807) is 11.3 Å². The molecule has 2 aromatic rings. The predicted octanol–water partition coefficient (Wildman–Crippen LogP) is 5.32. The number of aliphatic hydroxyl groups is 1. The fraction of sp³-hybridized carbons (Fsp3) is 0.444. The van der Waals surface area contributed by atoms with Crippen LogP contribution in [0.4, 0.5) is 0 Å². The van der Waals surface area contributed by atoms with Gasteiger partial charge in [0.25, 0.3) is 0 Å². The Morgan fingerprint density at radius 1 is 1.10 bits per heavy atom. The third-order valence-corrected chi connectivity index (χ3v) is 6.75. The molecule has 0 spiro atoms. The number of hydrogen-bond acceptors (Lipinski definition) is 2. The highest BCUT2D eigenvalue weighted by Crippen LogP contribution is 2.43. The van der Waals surface area contributed by atoms with E-state index in [0.29, 0.717) is 0 Å². The predicted molar refractivity (Wildman–Crippen MR) is 92.9 cm³/mol. The number of rotatable bonds is 4. The van der Waals surface area contributed by atoms with Crippen LogP contribution in [0, 0.1) is 0 Å². The smallest absolute Gasteiger partial charge is 0.0685 e.